The van der Waals surface area contributed by atoms with Gasteiger partial charge in [-0.3, -0.25) is 4.79 Å². The van der Waals surface area contributed by atoms with Gasteiger partial charge in [0.05, 0.1) is 16.4 Å². The zero-order valence-electron chi connectivity index (χ0n) is 8.85. The van der Waals surface area contributed by atoms with Crippen molar-refractivity contribution in [3.05, 3.63) is 52.6 Å². The molecule has 0 fully saturated rings. The van der Waals surface area contributed by atoms with E-state index in [0.717, 1.165) is 0 Å². The molecule has 0 spiro atoms. The van der Waals surface area contributed by atoms with Gasteiger partial charge in [0.2, 0.25) is 0 Å². The van der Waals surface area contributed by atoms with Crippen LogP contribution in [0.15, 0.2) is 47.1 Å². The number of nitrogens with zero attached hydrogens (tertiary/aromatic N) is 1. The van der Waals surface area contributed by atoms with Gasteiger partial charge in [-0.15, -0.1) is 0 Å². The molecular weight excluding hydrogens is 282 g/mol. The Bertz CT molecular complexity index is 543. The number of hydrogen-bond donors (Lipinski definition) is 2. The van der Waals surface area contributed by atoms with Crippen LogP contribution in [0.2, 0.25) is 0 Å². The van der Waals surface area contributed by atoms with Crippen molar-refractivity contribution in [3.8, 4) is 0 Å². The van der Waals surface area contributed by atoms with Gasteiger partial charge in [0.15, 0.2) is 0 Å². The number of nitrogens with two attached hydrogens (primary N) is 1. The van der Waals surface area contributed by atoms with E-state index in [1.165, 1.54) is 6.20 Å². The number of nitrogen functional groups attached to an aromatic ring is 1. The summed E-state index contributed by atoms with van der Waals surface area (Å²) in [5.74, 6) is 0.247. The Hall–Kier alpha value is -1.88. The van der Waals surface area contributed by atoms with Gasteiger partial charge in [-0.05, 0) is 34.1 Å². The van der Waals surface area contributed by atoms with E-state index in [4.69, 9.17) is 5.73 Å². The largest absolute Gasteiger partial charge is 0.397 e. The summed E-state index contributed by atoms with van der Waals surface area (Å²) in [6, 6.07) is 10.6. The van der Waals surface area contributed by atoms with Crippen molar-refractivity contribution in [1.82, 2.24) is 4.98 Å². The van der Waals surface area contributed by atoms with Crippen LogP contribution in [-0.4, -0.2) is 10.9 Å². The summed E-state index contributed by atoms with van der Waals surface area (Å²) in [5.41, 5.74) is 6.68. The summed E-state index contributed by atoms with van der Waals surface area (Å²) in [6.45, 7) is 0. The first-order valence-electron chi connectivity index (χ1n) is 4.94. The minimum atomic E-state index is -0.205. The van der Waals surface area contributed by atoms with Crippen LogP contribution < -0.4 is 11.1 Å². The van der Waals surface area contributed by atoms with Crippen molar-refractivity contribution in [2.24, 2.45) is 0 Å². The molecule has 0 radical (unpaired) electrons. The number of pyridine rings is 1. The minimum absolute atomic E-state index is 0.205. The third kappa shape index (κ3) is 2.82. The zero-order chi connectivity index (χ0) is 12.3. The van der Waals surface area contributed by atoms with E-state index in [0.29, 0.717) is 21.5 Å². The molecule has 0 aliphatic heterocycles. The minimum Gasteiger partial charge on any atom is -0.397 e. The maximum Gasteiger partial charge on any atom is 0.256 e. The molecule has 0 atom stereocenters. The Balaban J connectivity index is 2.19. The van der Waals surface area contributed by atoms with Crippen molar-refractivity contribution in [2.75, 3.05) is 11.1 Å². The van der Waals surface area contributed by atoms with Crippen LogP contribution in [0.1, 0.15) is 10.4 Å². The highest BCUT2D eigenvalue weighted by Crippen LogP contribution is 2.22. The molecule has 0 aliphatic rings. The average molecular weight is 292 g/mol. The molecule has 1 aromatic heterocycles. The number of carbonyl (C=O) groups is 1. The molecule has 86 valence electrons. The lowest BCUT2D eigenvalue weighted by molar-refractivity contribution is 0.102. The first-order valence-corrected chi connectivity index (χ1v) is 5.73. The lowest BCUT2D eigenvalue weighted by Gasteiger charge is -2.06. The van der Waals surface area contributed by atoms with Gasteiger partial charge in [0, 0.05) is 5.56 Å². The molecule has 5 heteroatoms. The van der Waals surface area contributed by atoms with Crippen molar-refractivity contribution < 1.29 is 4.79 Å². The number of anilines is 2. The first-order chi connectivity index (χ1) is 8.16. The third-order valence-electron chi connectivity index (χ3n) is 2.13. The van der Waals surface area contributed by atoms with Gasteiger partial charge in [0.1, 0.15) is 5.82 Å². The summed E-state index contributed by atoms with van der Waals surface area (Å²) in [7, 11) is 0. The Morgan fingerprint density at radius 2 is 2.00 bits per heavy atom. The number of nitrogens with one attached hydrogen (secondary N) is 1. The normalized spacial score (nSPS) is 9.94. The predicted molar refractivity (Wildman–Crippen MR) is 70.7 cm³/mol. The average Bonchev–Trinajstić information content (AvgIpc) is 2.34. The van der Waals surface area contributed by atoms with Gasteiger partial charge < -0.3 is 11.1 Å². The van der Waals surface area contributed by atoms with Crippen molar-refractivity contribution >= 4 is 33.3 Å². The van der Waals surface area contributed by atoms with Crippen LogP contribution in [0.25, 0.3) is 0 Å². The number of carbonyl (C=O) groups excluding carboxylic acids is 1. The van der Waals surface area contributed by atoms with Crippen LogP contribution in [0.4, 0.5) is 11.5 Å². The Labute approximate surface area is 107 Å². The molecule has 2 rings (SSSR count). The highest BCUT2D eigenvalue weighted by atomic mass is 79.9. The highest BCUT2D eigenvalue weighted by molar-refractivity contribution is 9.10. The second-order valence-electron chi connectivity index (χ2n) is 3.42. The fraction of sp³-hybridized carbons (Fsp3) is 0. The van der Waals surface area contributed by atoms with Crippen molar-refractivity contribution in [2.45, 2.75) is 0 Å². The molecule has 0 aliphatic carbocycles. The van der Waals surface area contributed by atoms with Gasteiger partial charge in [0.25, 0.3) is 5.91 Å². The maximum absolute atomic E-state index is 11.8. The smallest absolute Gasteiger partial charge is 0.256 e. The zero-order valence-corrected chi connectivity index (χ0v) is 10.4. The summed E-state index contributed by atoms with van der Waals surface area (Å²) < 4.78 is 0.654. The van der Waals surface area contributed by atoms with Crippen molar-refractivity contribution in [1.29, 1.82) is 0 Å². The monoisotopic (exact) mass is 291 g/mol. The number of rotatable bonds is 2. The first kappa shape index (κ1) is 11.6. The molecule has 1 heterocycles. The number of amides is 1. The maximum atomic E-state index is 11.8. The lowest BCUT2D eigenvalue weighted by Crippen LogP contribution is -2.13. The standard InChI is InChI=1S/C12H10BrN3O/c13-10-6-9(14)7-15-11(10)16-12(17)8-4-2-1-3-5-8/h1-7H,14H2,(H,15,16,17). The molecule has 1 aromatic carbocycles. The molecule has 0 saturated heterocycles. The second-order valence-corrected chi connectivity index (χ2v) is 4.27. The van der Waals surface area contributed by atoms with Crippen molar-refractivity contribution in [3.63, 3.8) is 0 Å². The highest BCUT2D eigenvalue weighted by Gasteiger charge is 2.08. The quantitative estimate of drug-likeness (QED) is 0.894. The van der Waals surface area contributed by atoms with E-state index in [9.17, 15) is 4.79 Å². The number of hydrogen-bond acceptors (Lipinski definition) is 3. The van der Waals surface area contributed by atoms with Crippen LogP contribution in [-0.2, 0) is 0 Å². The molecule has 0 unspecified atom stereocenters. The van der Waals surface area contributed by atoms with Crippen LogP contribution >= 0.6 is 15.9 Å². The van der Waals surface area contributed by atoms with Gasteiger partial charge in [-0.25, -0.2) is 4.98 Å². The predicted octanol–water partition coefficient (Wildman–Crippen LogP) is 2.68. The SMILES string of the molecule is Nc1cnc(NC(=O)c2ccccc2)c(Br)c1. The molecule has 4 nitrogen and oxygen atoms in total. The van der Waals surface area contributed by atoms with Gasteiger partial charge >= 0.3 is 0 Å². The summed E-state index contributed by atoms with van der Waals surface area (Å²) in [6.07, 6.45) is 1.49. The van der Waals surface area contributed by atoms with E-state index in [1.807, 2.05) is 6.07 Å². The molecule has 17 heavy (non-hydrogen) atoms. The molecule has 2 aromatic rings. The van der Waals surface area contributed by atoms with E-state index in [1.54, 1.807) is 30.3 Å². The summed E-state index contributed by atoms with van der Waals surface area (Å²) in [4.78, 5) is 15.9. The van der Waals surface area contributed by atoms with E-state index in [2.05, 4.69) is 26.2 Å². The fourth-order valence-electron chi connectivity index (χ4n) is 1.31. The third-order valence-corrected chi connectivity index (χ3v) is 2.73. The molecule has 0 saturated carbocycles. The van der Waals surface area contributed by atoms with E-state index in [-0.39, 0.29) is 5.91 Å². The molecule has 1 amide bonds. The van der Waals surface area contributed by atoms with Crippen LogP contribution in [0.5, 0.6) is 0 Å². The van der Waals surface area contributed by atoms with E-state index >= 15 is 0 Å². The van der Waals surface area contributed by atoms with Crippen LogP contribution in [0.3, 0.4) is 0 Å². The van der Waals surface area contributed by atoms with E-state index < -0.39 is 0 Å². The number of aromatic nitrogens is 1. The Kier molecular flexibility index (Phi) is 3.39. The number of benzene rings is 1. The fourth-order valence-corrected chi connectivity index (χ4v) is 1.78. The summed E-state index contributed by atoms with van der Waals surface area (Å²) >= 11 is 3.29. The molecule has 0 bridgehead atoms. The second kappa shape index (κ2) is 4.97. The van der Waals surface area contributed by atoms with Gasteiger partial charge in [-0.2, -0.15) is 0 Å². The molecular formula is C12H10BrN3O. The topological polar surface area (TPSA) is 68.0 Å². The lowest BCUT2D eigenvalue weighted by atomic mass is 10.2. The Morgan fingerprint density at radius 3 is 2.65 bits per heavy atom. The van der Waals surface area contributed by atoms with Gasteiger partial charge in [-0.1, -0.05) is 18.2 Å². The number of halogens is 1. The van der Waals surface area contributed by atoms with Crippen LogP contribution in [0, 0.1) is 0 Å². The molecule has 3 N–H and O–H groups in total. The Morgan fingerprint density at radius 1 is 1.29 bits per heavy atom. The summed E-state index contributed by atoms with van der Waals surface area (Å²) in [5, 5.41) is 2.70.